The third kappa shape index (κ3) is 4.09. The van der Waals surface area contributed by atoms with E-state index in [4.69, 9.17) is 23.2 Å². The number of aromatic nitrogens is 1. The average Bonchev–Trinajstić information content (AvgIpc) is 2.45. The Morgan fingerprint density at radius 3 is 2.71 bits per heavy atom. The summed E-state index contributed by atoms with van der Waals surface area (Å²) < 4.78 is 0.763. The highest BCUT2D eigenvalue weighted by atomic mass is 79.9. The number of rotatable bonds is 4. The van der Waals surface area contributed by atoms with E-state index in [0.717, 1.165) is 4.47 Å². The topological polar surface area (TPSA) is 54.0 Å². The van der Waals surface area contributed by atoms with Crippen molar-refractivity contribution in [2.24, 2.45) is 0 Å². The van der Waals surface area contributed by atoms with Crippen LogP contribution < -0.4 is 10.6 Å². The van der Waals surface area contributed by atoms with Gasteiger partial charge in [-0.2, -0.15) is 0 Å². The molecule has 1 aromatic heterocycles. The summed E-state index contributed by atoms with van der Waals surface area (Å²) in [5.74, 6) is 0.279. The van der Waals surface area contributed by atoms with E-state index in [1.165, 1.54) is 6.20 Å². The van der Waals surface area contributed by atoms with Crippen molar-refractivity contribution < 1.29 is 4.79 Å². The van der Waals surface area contributed by atoms with Crippen molar-refractivity contribution in [3.8, 4) is 0 Å². The molecule has 1 aromatic carbocycles. The molecule has 2 aromatic rings. The number of benzene rings is 1. The van der Waals surface area contributed by atoms with Gasteiger partial charge in [-0.25, -0.2) is 4.98 Å². The zero-order valence-electron chi connectivity index (χ0n) is 11.1. The van der Waals surface area contributed by atoms with Gasteiger partial charge < -0.3 is 10.6 Å². The maximum Gasteiger partial charge on any atom is 0.257 e. The van der Waals surface area contributed by atoms with Crippen molar-refractivity contribution in [1.82, 2.24) is 4.98 Å². The molecule has 4 nitrogen and oxygen atoms in total. The third-order valence-electron chi connectivity index (χ3n) is 2.64. The molecule has 0 saturated heterocycles. The van der Waals surface area contributed by atoms with Crippen molar-refractivity contribution in [3.63, 3.8) is 0 Å². The van der Waals surface area contributed by atoms with Gasteiger partial charge in [-0.1, -0.05) is 23.2 Å². The van der Waals surface area contributed by atoms with Crippen LogP contribution in [0.5, 0.6) is 0 Å². The molecule has 1 amide bonds. The lowest BCUT2D eigenvalue weighted by molar-refractivity contribution is 0.102. The van der Waals surface area contributed by atoms with E-state index in [2.05, 4.69) is 31.5 Å². The van der Waals surface area contributed by atoms with Crippen LogP contribution in [0, 0.1) is 0 Å². The number of pyridine rings is 1. The molecule has 110 valence electrons. The van der Waals surface area contributed by atoms with E-state index >= 15 is 0 Å². The maximum atomic E-state index is 12.3. The molecule has 0 aliphatic heterocycles. The van der Waals surface area contributed by atoms with Crippen LogP contribution in [0.4, 0.5) is 11.5 Å². The van der Waals surface area contributed by atoms with Crippen LogP contribution in [0.1, 0.15) is 17.3 Å². The fraction of sp³-hybridized carbons (Fsp3) is 0.143. The summed E-state index contributed by atoms with van der Waals surface area (Å²) in [7, 11) is 0. The molecule has 7 heteroatoms. The molecule has 0 saturated carbocycles. The Morgan fingerprint density at radius 1 is 1.29 bits per heavy atom. The minimum atomic E-state index is -0.319. The van der Waals surface area contributed by atoms with E-state index in [1.54, 1.807) is 24.3 Å². The van der Waals surface area contributed by atoms with E-state index in [1.807, 2.05) is 6.92 Å². The largest absolute Gasteiger partial charge is 0.370 e. The highest BCUT2D eigenvalue weighted by Crippen LogP contribution is 2.26. The van der Waals surface area contributed by atoms with Crippen LogP contribution in [-0.2, 0) is 0 Å². The predicted molar refractivity (Wildman–Crippen MR) is 90.5 cm³/mol. The van der Waals surface area contributed by atoms with Crippen molar-refractivity contribution in [2.45, 2.75) is 6.92 Å². The number of amides is 1. The second-order valence-electron chi connectivity index (χ2n) is 4.16. The number of nitrogens with one attached hydrogen (secondary N) is 2. The lowest BCUT2D eigenvalue weighted by Gasteiger charge is -2.09. The van der Waals surface area contributed by atoms with Crippen LogP contribution >= 0.6 is 39.1 Å². The smallest absolute Gasteiger partial charge is 0.257 e. The molecule has 0 fully saturated rings. The summed E-state index contributed by atoms with van der Waals surface area (Å²) in [6, 6.07) is 6.77. The highest BCUT2D eigenvalue weighted by molar-refractivity contribution is 9.10. The standard InChI is InChI=1S/C14H12BrCl2N3O/c1-2-18-13-6-9(12(17)7-19-13)14(21)20-8-3-4-10(15)11(16)5-8/h3-7H,2H2,1H3,(H,18,19)(H,20,21). The molecule has 2 N–H and O–H groups in total. The second kappa shape index (κ2) is 7.11. The zero-order chi connectivity index (χ0) is 15.4. The summed E-state index contributed by atoms with van der Waals surface area (Å²) in [6.07, 6.45) is 1.45. The Labute approximate surface area is 141 Å². The number of halogens is 3. The predicted octanol–water partition coefficient (Wildman–Crippen LogP) is 4.84. The van der Waals surface area contributed by atoms with Gasteiger partial charge in [0.25, 0.3) is 5.91 Å². The Balaban J connectivity index is 2.23. The number of hydrogen-bond donors (Lipinski definition) is 2. The van der Waals surface area contributed by atoms with E-state index in [-0.39, 0.29) is 10.9 Å². The normalized spacial score (nSPS) is 10.3. The molecule has 0 spiro atoms. The van der Waals surface area contributed by atoms with Gasteiger partial charge in [-0.05, 0) is 47.1 Å². The van der Waals surface area contributed by atoms with Gasteiger partial charge >= 0.3 is 0 Å². The first-order chi connectivity index (χ1) is 10.0. The number of carbonyl (C=O) groups is 1. The minimum absolute atomic E-state index is 0.289. The molecular weight excluding hydrogens is 377 g/mol. The number of anilines is 2. The summed E-state index contributed by atoms with van der Waals surface area (Å²) in [5.41, 5.74) is 0.938. The highest BCUT2D eigenvalue weighted by Gasteiger charge is 2.13. The minimum Gasteiger partial charge on any atom is -0.370 e. The number of carbonyl (C=O) groups excluding carboxylic acids is 1. The van der Waals surface area contributed by atoms with E-state index < -0.39 is 0 Å². The molecule has 0 aliphatic rings. The Hall–Kier alpha value is -1.30. The first-order valence-corrected chi connectivity index (χ1v) is 7.72. The van der Waals surface area contributed by atoms with Gasteiger partial charge in [-0.15, -0.1) is 0 Å². The lowest BCUT2D eigenvalue weighted by Crippen LogP contribution is -2.13. The molecule has 0 radical (unpaired) electrons. The fourth-order valence-corrected chi connectivity index (χ4v) is 2.28. The van der Waals surface area contributed by atoms with Gasteiger partial charge in [-0.3, -0.25) is 4.79 Å². The van der Waals surface area contributed by atoms with Gasteiger partial charge in [0.2, 0.25) is 0 Å². The number of nitrogens with zero attached hydrogens (tertiary/aromatic N) is 1. The van der Waals surface area contributed by atoms with Gasteiger partial charge in [0.1, 0.15) is 5.82 Å². The van der Waals surface area contributed by atoms with Crippen molar-refractivity contribution >= 4 is 56.5 Å². The van der Waals surface area contributed by atoms with Crippen LogP contribution in [0.25, 0.3) is 0 Å². The Bertz CT molecular complexity index is 679. The molecule has 0 bridgehead atoms. The summed E-state index contributed by atoms with van der Waals surface area (Å²) >= 11 is 15.3. The summed E-state index contributed by atoms with van der Waals surface area (Å²) in [6.45, 7) is 2.65. The second-order valence-corrected chi connectivity index (χ2v) is 5.83. The van der Waals surface area contributed by atoms with Crippen molar-refractivity contribution in [2.75, 3.05) is 17.2 Å². The maximum absolute atomic E-state index is 12.3. The molecule has 21 heavy (non-hydrogen) atoms. The monoisotopic (exact) mass is 387 g/mol. The molecule has 0 unspecified atom stereocenters. The zero-order valence-corrected chi connectivity index (χ0v) is 14.2. The van der Waals surface area contributed by atoms with E-state index in [0.29, 0.717) is 28.6 Å². The quantitative estimate of drug-likeness (QED) is 0.788. The SMILES string of the molecule is CCNc1cc(C(=O)Nc2ccc(Br)c(Cl)c2)c(Cl)cn1. The lowest BCUT2D eigenvalue weighted by atomic mass is 10.2. The van der Waals surface area contributed by atoms with Gasteiger partial charge in [0.05, 0.1) is 15.6 Å². The molecule has 2 rings (SSSR count). The fourth-order valence-electron chi connectivity index (χ4n) is 1.66. The van der Waals surface area contributed by atoms with E-state index in [9.17, 15) is 4.79 Å². The van der Waals surface area contributed by atoms with Crippen LogP contribution in [0.3, 0.4) is 0 Å². The van der Waals surface area contributed by atoms with Crippen LogP contribution in [0.15, 0.2) is 34.9 Å². The summed E-state index contributed by atoms with van der Waals surface area (Å²) in [5, 5.41) is 6.59. The molecule has 0 atom stereocenters. The average molecular weight is 389 g/mol. The molecule has 0 aliphatic carbocycles. The first kappa shape index (κ1) is 16.1. The number of hydrogen-bond acceptors (Lipinski definition) is 3. The van der Waals surface area contributed by atoms with Crippen LogP contribution in [-0.4, -0.2) is 17.4 Å². The van der Waals surface area contributed by atoms with Gasteiger partial charge in [0, 0.05) is 22.9 Å². The Morgan fingerprint density at radius 2 is 2.05 bits per heavy atom. The van der Waals surface area contributed by atoms with Crippen LogP contribution in [0.2, 0.25) is 10.0 Å². The molecular formula is C14H12BrCl2N3O. The third-order valence-corrected chi connectivity index (χ3v) is 4.17. The Kier molecular flexibility index (Phi) is 5.45. The van der Waals surface area contributed by atoms with Crippen molar-refractivity contribution in [1.29, 1.82) is 0 Å². The van der Waals surface area contributed by atoms with Crippen molar-refractivity contribution in [3.05, 3.63) is 50.5 Å². The van der Waals surface area contributed by atoms with Gasteiger partial charge in [0.15, 0.2) is 0 Å². The molecule has 1 heterocycles. The summed E-state index contributed by atoms with van der Waals surface area (Å²) in [4.78, 5) is 16.4. The first-order valence-electron chi connectivity index (χ1n) is 6.17.